The highest BCUT2D eigenvalue weighted by molar-refractivity contribution is 6.02. The summed E-state index contributed by atoms with van der Waals surface area (Å²) in [7, 11) is 0. The first-order chi connectivity index (χ1) is 12.2. The van der Waals surface area contributed by atoms with Gasteiger partial charge in [-0.3, -0.25) is 0 Å². The van der Waals surface area contributed by atoms with Gasteiger partial charge in [-0.25, -0.2) is 9.98 Å². The summed E-state index contributed by atoms with van der Waals surface area (Å²) in [5.74, 6) is 0.242. The van der Waals surface area contributed by atoms with Crippen LogP contribution in [-0.4, -0.2) is 16.8 Å². The Kier molecular flexibility index (Phi) is 5.11. The highest BCUT2D eigenvalue weighted by atomic mass is 16.3. The highest BCUT2D eigenvalue weighted by Gasteiger charge is 2.05. The zero-order valence-corrected chi connectivity index (χ0v) is 13.7. The van der Waals surface area contributed by atoms with Crippen LogP contribution >= 0.6 is 0 Å². The first-order valence-corrected chi connectivity index (χ1v) is 7.76. The Labute approximate surface area is 145 Å². The zero-order chi connectivity index (χ0) is 17.5. The van der Waals surface area contributed by atoms with Gasteiger partial charge in [0, 0.05) is 18.3 Å². The molecule has 0 aliphatic rings. The van der Waals surface area contributed by atoms with Crippen LogP contribution in [0.3, 0.4) is 0 Å². The van der Waals surface area contributed by atoms with E-state index in [1.54, 1.807) is 53.6 Å². The first-order valence-electron chi connectivity index (χ1n) is 7.76. The fourth-order valence-corrected chi connectivity index (χ4v) is 2.04. The van der Waals surface area contributed by atoms with Crippen LogP contribution in [0.25, 0.3) is 0 Å². The van der Waals surface area contributed by atoms with E-state index in [1.807, 2.05) is 37.3 Å². The largest absolute Gasteiger partial charge is 0.858 e. The predicted octanol–water partition coefficient (Wildman–Crippen LogP) is 1.72. The number of aryl methyl sites for hydroxylation is 1. The molecule has 0 saturated carbocycles. The number of nitrogens with zero attached hydrogens (tertiary/aromatic N) is 4. The average Bonchev–Trinajstić information content (AvgIpc) is 2.65. The Hall–Kier alpha value is -3.54. The second-order valence-electron chi connectivity index (χ2n) is 5.31. The Morgan fingerprint density at radius 2 is 1.72 bits per heavy atom. The van der Waals surface area contributed by atoms with Crippen molar-refractivity contribution >= 4 is 17.7 Å². The van der Waals surface area contributed by atoms with Gasteiger partial charge in [0.25, 0.3) is 5.96 Å². The van der Waals surface area contributed by atoms with Crippen molar-refractivity contribution in [1.82, 2.24) is 4.98 Å². The van der Waals surface area contributed by atoms with E-state index in [-0.39, 0.29) is 11.9 Å². The maximum atomic E-state index is 12.4. The van der Waals surface area contributed by atoms with Gasteiger partial charge in [-0.1, -0.05) is 47.1 Å². The van der Waals surface area contributed by atoms with Gasteiger partial charge in [-0.15, -0.1) is 5.43 Å². The Morgan fingerprint density at radius 3 is 2.40 bits per heavy atom. The molecule has 6 nitrogen and oxygen atoms in total. The van der Waals surface area contributed by atoms with E-state index in [1.165, 1.54) is 0 Å². The molecule has 3 rings (SSSR count). The van der Waals surface area contributed by atoms with Gasteiger partial charge in [-0.2, -0.15) is 4.99 Å². The van der Waals surface area contributed by atoms with E-state index < -0.39 is 0 Å². The molecule has 0 fully saturated rings. The van der Waals surface area contributed by atoms with Gasteiger partial charge in [0.15, 0.2) is 18.2 Å². The van der Waals surface area contributed by atoms with E-state index in [0.29, 0.717) is 11.4 Å². The molecule has 0 aliphatic carbocycles. The van der Waals surface area contributed by atoms with Gasteiger partial charge < -0.3 is 5.11 Å². The Balaban J connectivity index is 1.95. The first kappa shape index (κ1) is 16.3. The number of aliphatic imine (C=N–C) groups is 2. The third-order valence-corrected chi connectivity index (χ3v) is 3.29. The van der Waals surface area contributed by atoms with E-state index in [0.717, 1.165) is 5.56 Å². The van der Waals surface area contributed by atoms with Crippen LogP contribution in [0.2, 0.25) is 0 Å². The van der Waals surface area contributed by atoms with Crippen molar-refractivity contribution in [1.29, 1.82) is 0 Å². The molecule has 0 bridgehead atoms. The van der Waals surface area contributed by atoms with Crippen LogP contribution in [0.1, 0.15) is 11.1 Å². The topological polar surface area (TPSA) is 76.6 Å². The van der Waals surface area contributed by atoms with Crippen LogP contribution in [0, 0.1) is 6.92 Å². The third-order valence-electron chi connectivity index (χ3n) is 3.29. The molecule has 0 unspecified atom stereocenters. The minimum atomic E-state index is -0.379. The lowest BCUT2D eigenvalue weighted by Crippen LogP contribution is -2.47. The third kappa shape index (κ3) is 4.71. The summed E-state index contributed by atoms with van der Waals surface area (Å²) in [6.07, 6.45) is 5.30. The van der Waals surface area contributed by atoms with Crippen LogP contribution in [0.4, 0.5) is 5.82 Å². The number of pyridine rings is 2. The quantitative estimate of drug-likeness (QED) is 0.451. The Morgan fingerprint density at radius 1 is 1.00 bits per heavy atom. The second kappa shape index (κ2) is 7.83. The van der Waals surface area contributed by atoms with E-state index in [9.17, 15) is 5.11 Å². The summed E-state index contributed by atoms with van der Waals surface area (Å²) >= 11 is 0. The molecule has 1 aromatic carbocycles. The van der Waals surface area contributed by atoms with Crippen molar-refractivity contribution < 1.29 is 9.78 Å². The number of benzene rings is 1. The molecular formula is C19H17N5O. The fourth-order valence-electron chi connectivity index (χ4n) is 2.04. The Bertz CT molecular complexity index is 875. The van der Waals surface area contributed by atoms with Crippen molar-refractivity contribution in [3.8, 4) is 0 Å². The molecule has 6 heteroatoms. The number of hydrogen-bond donors (Lipinski definition) is 1. The van der Waals surface area contributed by atoms with Gasteiger partial charge in [0.1, 0.15) is 0 Å². The molecule has 124 valence electrons. The van der Waals surface area contributed by atoms with Crippen molar-refractivity contribution in [2.24, 2.45) is 9.98 Å². The van der Waals surface area contributed by atoms with Crippen molar-refractivity contribution in [2.75, 3.05) is 5.43 Å². The fraction of sp³-hybridized carbons (Fsp3) is 0.0526. The van der Waals surface area contributed by atoms with Gasteiger partial charge in [0.05, 0.1) is 0 Å². The molecule has 0 saturated heterocycles. The van der Waals surface area contributed by atoms with Crippen LogP contribution in [0.5, 0.6) is 0 Å². The smallest absolute Gasteiger partial charge is 0.280 e. The summed E-state index contributed by atoms with van der Waals surface area (Å²) in [6.45, 7) is 1.95. The molecule has 0 aliphatic heterocycles. The lowest BCUT2D eigenvalue weighted by atomic mass is 10.2. The standard InChI is InChI=1S/C19H17N5O/c1-15-10-11-17(20-14-15)21-19(23-24-12-6-3-7-13-24)22-18(25)16-8-4-2-5-9-16/h2-14H,1H3,(H-,20,21,22,23,25). The summed E-state index contributed by atoms with van der Waals surface area (Å²) in [4.78, 5) is 12.7. The minimum Gasteiger partial charge on any atom is -0.858 e. The van der Waals surface area contributed by atoms with Gasteiger partial charge in [0.2, 0.25) is 0 Å². The lowest BCUT2D eigenvalue weighted by molar-refractivity contribution is -0.640. The molecule has 0 amide bonds. The van der Waals surface area contributed by atoms with Crippen molar-refractivity contribution in [3.63, 3.8) is 0 Å². The second-order valence-corrected chi connectivity index (χ2v) is 5.31. The lowest BCUT2D eigenvalue weighted by Gasteiger charge is -2.10. The van der Waals surface area contributed by atoms with Gasteiger partial charge in [-0.05, 0) is 30.0 Å². The predicted molar refractivity (Wildman–Crippen MR) is 95.0 cm³/mol. The molecule has 3 aromatic rings. The zero-order valence-electron chi connectivity index (χ0n) is 13.7. The molecular weight excluding hydrogens is 314 g/mol. The normalized spacial score (nSPS) is 12.0. The van der Waals surface area contributed by atoms with E-state index >= 15 is 0 Å². The minimum absolute atomic E-state index is 0.154. The van der Waals surface area contributed by atoms with Crippen LogP contribution in [0.15, 0.2) is 89.2 Å². The molecule has 0 radical (unpaired) electrons. The van der Waals surface area contributed by atoms with Crippen LogP contribution in [-0.2, 0) is 0 Å². The summed E-state index contributed by atoms with van der Waals surface area (Å²) in [5, 5.41) is 12.4. The molecule has 0 atom stereocenters. The average molecular weight is 331 g/mol. The van der Waals surface area contributed by atoms with E-state index in [4.69, 9.17) is 0 Å². The highest BCUT2D eigenvalue weighted by Crippen LogP contribution is 2.08. The maximum absolute atomic E-state index is 12.4. The van der Waals surface area contributed by atoms with Gasteiger partial charge >= 0.3 is 0 Å². The number of aromatic nitrogens is 2. The number of hydrogen-bond acceptors (Lipinski definition) is 3. The maximum Gasteiger partial charge on any atom is 0.280 e. The molecule has 2 aromatic heterocycles. The number of guanidine groups is 1. The van der Waals surface area contributed by atoms with Crippen molar-refractivity contribution in [3.05, 3.63) is 90.4 Å². The summed E-state index contributed by atoms with van der Waals surface area (Å²) in [5.41, 5.74) is 4.51. The summed E-state index contributed by atoms with van der Waals surface area (Å²) in [6, 6.07) is 18.1. The molecule has 0 spiro atoms. The van der Waals surface area contributed by atoms with Crippen molar-refractivity contribution in [2.45, 2.75) is 6.92 Å². The summed E-state index contributed by atoms with van der Waals surface area (Å²) < 4.78 is 1.66. The number of rotatable bonds is 3. The molecule has 2 heterocycles. The van der Waals surface area contributed by atoms with Crippen LogP contribution < -0.4 is 15.2 Å². The SMILES string of the molecule is Cc1ccc(N=C(/N=C(\[O-])c2ccccc2)N[n+]2ccccc2)nc1. The van der Waals surface area contributed by atoms with E-state index in [2.05, 4.69) is 20.4 Å². The number of nitrogens with one attached hydrogen (secondary N) is 1. The molecule has 1 N–H and O–H groups in total. The monoisotopic (exact) mass is 331 g/mol. The molecule has 25 heavy (non-hydrogen) atoms.